The molecule has 1 fully saturated rings. The van der Waals surface area contributed by atoms with Crippen molar-refractivity contribution in [2.24, 2.45) is 0 Å². The number of fused-ring (bicyclic) bond motifs is 1. The van der Waals surface area contributed by atoms with Crippen molar-refractivity contribution in [3.63, 3.8) is 0 Å². The van der Waals surface area contributed by atoms with Crippen molar-refractivity contribution in [2.45, 2.75) is 25.4 Å². The van der Waals surface area contributed by atoms with Gasteiger partial charge in [0.1, 0.15) is 11.5 Å². The number of aromatic nitrogens is 1. The van der Waals surface area contributed by atoms with Gasteiger partial charge in [-0.05, 0) is 36.6 Å². The zero-order valence-electron chi connectivity index (χ0n) is 14.5. The highest BCUT2D eigenvalue weighted by Crippen LogP contribution is 2.19. The molecule has 2 N–H and O–H groups in total. The fourth-order valence-electron chi connectivity index (χ4n) is 3.58. The third kappa shape index (κ3) is 3.63. The van der Waals surface area contributed by atoms with Gasteiger partial charge in [-0.1, -0.05) is 36.4 Å². The van der Waals surface area contributed by atoms with E-state index in [-0.39, 0.29) is 17.8 Å². The molecule has 1 amide bonds. The van der Waals surface area contributed by atoms with Gasteiger partial charge in [0.25, 0.3) is 5.91 Å². The Morgan fingerprint density at radius 2 is 1.88 bits per heavy atom. The van der Waals surface area contributed by atoms with E-state index in [9.17, 15) is 9.18 Å². The molecule has 0 aliphatic carbocycles. The Balaban J connectivity index is 1.33. The van der Waals surface area contributed by atoms with E-state index >= 15 is 0 Å². The van der Waals surface area contributed by atoms with E-state index in [4.69, 9.17) is 0 Å². The molecular formula is C21H22FN3O. The molecule has 0 saturated carbocycles. The average Bonchev–Trinajstić information content (AvgIpc) is 3.10. The van der Waals surface area contributed by atoms with Crippen LogP contribution in [0.5, 0.6) is 0 Å². The van der Waals surface area contributed by atoms with Gasteiger partial charge in [0.05, 0.1) is 0 Å². The highest BCUT2D eigenvalue weighted by atomic mass is 19.1. The molecule has 3 aromatic rings. The molecule has 4 nitrogen and oxygen atoms in total. The molecule has 0 spiro atoms. The lowest BCUT2D eigenvalue weighted by Crippen LogP contribution is -2.44. The summed E-state index contributed by atoms with van der Waals surface area (Å²) in [5.41, 5.74) is 2.37. The van der Waals surface area contributed by atoms with Crippen molar-refractivity contribution in [3.05, 3.63) is 71.7 Å². The van der Waals surface area contributed by atoms with Crippen LogP contribution in [0.3, 0.4) is 0 Å². The minimum absolute atomic E-state index is 0.158. The Morgan fingerprint density at radius 1 is 1.12 bits per heavy atom. The molecule has 2 heterocycles. The number of aromatic amines is 1. The van der Waals surface area contributed by atoms with E-state index in [1.807, 2.05) is 6.07 Å². The Morgan fingerprint density at radius 3 is 2.62 bits per heavy atom. The number of piperidine rings is 1. The minimum atomic E-state index is -0.313. The number of H-pyrrole nitrogens is 1. The number of hydrogen-bond donors (Lipinski definition) is 2. The smallest absolute Gasteiger partial charge is 0.267 e. The minimum Gasteiger partial charge on any atom is -0.350 e. The lowest BCUT2D eigenvalue weighted by Gasteiger charge is -2.32. The zero-order chi connectivity index (χ0) is 17.9. The van der Waals surface area contributed by atoms with Gasteiger partial charge in [-0.15, -0.1) is 0 Å². The zero-order valence-corrected chi connectivity index (χ0v) is 14.5. The van der Waals surface area contributed by atoms with Crippen molar-refractivity contribution in [1.29, 1.82) is 0 Å². The van der Waals surface area contributed by atoms with Gasteiger partial charge in [0, 0.05) is 36.6 Å². The number of carbonyl (C=O) groups is 1. The number of nitrogens with one attached hydrogen (secondary N) is 2. The van der Waals surface area contributed by atoms with Crippen LogP contribution in [0.15, 0.2) is 54.6 Å². The summed E-state index contributed by atoms with van der Waals surface area (Å²) >= 11 is 0. The summed E-state index contributed by atoms with van der Waals surface area (Å²) < 4.78 is 13.8. The van der Waals surface area contributed by atoms with Crippen molar-refractivity contribution in [1.82, 2.24) is 15.2 Å². The predicted octanol–water partition coefficient (Wildman–Crippen LogP) is 3.70. The molecular weight excluding hydrogens is 329 g/mol. The molecule has 1 aliphatic heterocycles. The largest absolute Gasteiger partial charge is 0.350 e. The SMILES string of the molecule is O=C(NC1CCN(Cc2ccccc2)CC1)c1cc2c(F)cccc2[nH]1. The van der Waals surface area contributed by atoms with Crippen molar-refractivity contribution < 1.29 is 9.18 Å². The fourth-order valence-corrected chi connectivity index (χ4v) is 3.58. The molecule has 0 unspecified atom stereocenters. The lowest BCUT2D eigenvalue weighted by atomic mass is 10.0. The van der Waals surface area contributed by atoms with Crippen LogP contribution < -0.4 is 5.32 Å². The molecule has 134 valence electrons. The van der Waals surface area contributed by atoms with E-state index in [0.29, 0.717) is 16.6 Å². The van der Waals surface area contributed by atoms with Crippen LogP contribution in [-0.4, -0.2) is 34.9 Å². The van der Waals surface area contributed by atoms with E-state index in [0.717, 1.165) is 32.5 Å². The lowest BCUT2D eigenvalue weighted by molar-refractivity contribution is 0.0904. The summed E-state index contributed by atoms with van der Waals surface area (Å²) in [6, 6.07) is 17.0. The maximum Gasteiger partial charge on any atom is 0.267 e. The summed E-state index contributed by atoms with van der Waals surface area (Å²) in [5.74, 6) is -0.478. The Kier molecular flexibility index (Phi) is 4.71. The van der Waals surface area contributed by atoms with E-state index < -0.39 is 0 Å². The highest BCUT2D eigenvalue weighted by molar-refractivity contribution is 5.98. The first kappa shape index (κ1) is 16.8. The van der Waals surface area contributed by atoms with E-state index in [1.54, 1.807) is 18.2 Å². The average molecular weight is 351 g/mol. The summed E-state index contributed by atoms with van der Waals surface area (Å²) in [6.45, 7) is 2.87. The van der Waals surface area contributed by atoms with Crippen molar-refractivity contribution in [3.8, 4) is 0 Å². The summed E-state index contributed by atoms with van der Waals surface area (Å²) in [6.07, 6.45) is 1.85. The first-order valence-corrected chi connectivity index (χ1v) is 9.03. The number of hydrogen-bond acceptors (Lipinski definition) is 2. The summed E-state index contributed by atoms with van der Waals surface area (Å²) in [5, 5.41) is 3.53. The third-order valence-electron chi connectivity index (χ3n) is 5.03. The number of likely N-dealkylation sites (tertiary alicyclic amines) is 1. The highest BCUT2D eigenvalue weighted by Gasteiger charge is 2.22. The van der Waals surface area contributed by atoms with Gasteiger partial charge in [0.2, 0.25) is 0 Å². The molecule has 1 aromatic heterocycles. The normalized spacial score (nSPS) is 16.0. The van der Waals surface area contributed by atoms with Crippen LogP contribution in [0.2, 0.25) is 0 Å². The topological polar surface area (TPSA) is 48.1 Å². The first-order chi connectivity index (χ1) is 12.7. The molecule has 0 atom stereocenters. The standard InChI is InChI=1S/C21H22FN3O/c22-18-7-4-8-19-17(18)13-20(24-19)21(26)23-16-9-11-25(12-10-16)14-15-5-2-1-3-6-15/h1-8,13,16,24H,9-12,14H2,(H,23,26). The maximum atomic E-state index is 13.8. The Labute approximate surface area is 152 Å². The van der Waals surface area contributed by atoms with Crippen LogP contribution in [0, 0.1) is 5.82 Å². The third-order valence-corrected chi connectivity index (χ3v) is 5.03. The van der Waals surface area contributed by atoms with Gasteiger partial charge >= 0.3 is 0 Å². The monoisotopic (exact) mass is 351 g/mol. The summed E-state index contributed by atoms with van der Waals surface area (Å²) in [4.78, 5) is 17.9. The maximum absolute atomic E-state index is 13.8. The van der Waals surface area contributed by atoms with Crippen LogP contribution in [0.25, 0.3) is 10.9 Å². The Bertz CT molecular complexity index is 898. The molecule has 1 aliphatic rings. The van der Waals surface area contributed by atoms with E-state index in [1.165, 1.54) is 11.6 Å². The number of nitrogens with zero attached hydrogens (tertiary/aromatic N) is 1. The van der Waals surface area contributed by atoms with Crippen LogP contribution in [0.1, 0.15) is 28.9 Å². The molecule has 5 heteroatoms. The van der Waals surface area contributed by atoms with Gasteiger partial charge in [0.15, 0.2) is 0 Å². The predicted molar refractivity (Wildman–Crippen MR) is 100 cm³/mol. The number of carbonyl (C=O) groups excluding carboxylic acids is 1. The van der Waals surface area contributed by atoms with Gasteiger partial charge in [-0.25, -0.2) is 4.39 Å². The van der Waals surface area contributed by atoms with Gasteiger partial charge in [-0.3, -0.25) is 9.69 Å². The van der Waals surface area contributed by atoms with Crippen LogP contribution in [-0.2, 0) is 6.54 Å². The quantitative estimate of drug-likeness (QED) is 0.753. The number of benzene rings is 2. The van der Waals surface area contributed by atoms with Gasteiger partial charge < -0.3 is 10.3 Å². The molecule has 4 rings (SSSR count). The molecule has 1 saturated heterocycles. The number of halogens is 1. The number of rotatable bonds is 4. The molecule has 26 heavy (non-hydrogen) atoms. The Hall–Kier alpha value is -2.66. The van der Waals surface area contributed by atoms with E-state index in [2.05, 4.69) is 39.5 Å². The second kappa shape index (κ2) is 7.30. The van der Waals surface area contributed by atoms with Gasteiger partial charge in [-0.2, -0.15) is 0 Å². The fraction of sp³-hybridized carbons (Fsp3) is 0.286. The van der Waals surface area contributed by atoms with Crippen LogP contribution in [0.4, 0.5) is 4.39 Å². The summed E-state index contributed by atoms with van der Waals surface area (Å²) in [7, 11) is 0. The molecule has 2 aromatic carbocycles. The van der Waals surface area contributed by atoms with Crippen molar-refractivity contribution in [2.75, 3.05) is 13.1 Å². The number of amides is 1. The second-order valence-electron chi connectivity index (χ2n) is 6.89. The van der Waals surface area contributed by atoms with Crippen molar-refractivity contribution >= 4 is 16.8 Å². The molecule has 0 radical (unpaired) electrons. The van der Waals surface area contributed by atoms with Crippen LogP contribution >= 0.6 is 0 Å². The first-order valence-electron chi connectivity index (χ1n) is 9.03. The molecule has 0 bridgehead atoms. The second-order valence-corrected chi connectivity index (χ2v) is 6.89.